The van der Waals surface area contributed by atoms with Crippen molar-refractivity contribution >= 4 is 5.91 Å². The molecule has 0 radical (unpaired) electrons. The summed E-state index contributed by atoms with van der Waals surface area (Å²) >= 11 is 0. The van der Waals surface area contributed by atoms with Crippen molar-refractivity contribution in [1.29, 1.82) is 0 Å². The first-order chi connectivity index (χ1) is 10.6. The van der Waals surface area contributed by atoms with Crippen LogP contribution in [0, 0.1) is 12.8 Å². The molecule has 2 unspecified atom stereocenters. The molecule has 1 fully saturated rings. The fourth-order valence-electron chi connectivity index (χ4n) is 2.50. The normalized spacial score (nSPS) is 18.7. The SMILES string of the molecule is Cc1ccc(C(CN2CCOCC2)NC(=O)C(C)CN)cc1. The van der Waals surface area contributed by atoms with Gasteiger partial charge in [0.25, 0.3) is 0 Å². The first-order valence-electron chi connectivity index (χ1n) is 7.97. The minimum Gasteiger partial charge on any atom is -0.379 e. The number of amides is 1. The fraction of sp³-hybridized carbons (Fsp3) is 0.588. The molecule has 0 aromatic heterocycles. The Balaban J connectivity index is 2.08. The van der Waals surface area contributed by atoms with Crippen LogP contribution in [-0.2, 0) is 9.53 Å². The van der Waals surface area contributed by atoms with Crippen molar-refractivity contribution in [3.63, 3.8) is 0 Å². The second-order valence-corrected chi connectivity index (χ2v) is 6.02. The molecule has 3 N–H and O–H groups in total. The van der Waals surface area contributed by atoms with E-state index < -0.39 is 0 Å². The van der Waals surface area contributed by atoms with Crippen LogP contribution in [0.3, 0.4) is 0 Å². The Morgan fingerprint density at radius 1 is 1.32 bits per heavy atom. The van der Waals surface area contributed by atoms with Crippen molar-refractivity contribution in [3.05, 3.63) is 35.4 Å². The van der Waals surface area contributed by atoms with Gasteiger partial charge in [0, 0.05) is 32.1 Å². The van der Waals surface area contributed by atoms with E-state index in [9.17, 15) is 4.79 Å². The number of carbonyl (C=O) groups is 1. The number of carbonyl (C=O) groups excluding carboxylic acids is 1. The lowest BCUT2D eigenvalue weighted by Crippen LogP contribution is -2.44. The topological polar surface area (TPSA) is 67.6 Å². The van der Waals surface area contributed by atoms with Gasteiger partial charge in [-0.15, -0.1) is 0 Å². The molecule has 0 spiro atoms. The van der Waals surface area contributed by atoms with Gasteiger partial charge in [0.05, 0.1) is 19.3 Å². The smallest absolute Gasteiger partial charge is 0.224 e. The van der Waals surface area contributed by atoms with Crippen molar-refractivity contribution < 1.29 is 9.53 Å². The average Bonchev–Trinajstić information content (AvgIpc) is 2.55. The van der Waals surface area contributed by atoms with E-state index in [1.54, 1.807) is 0 Å². The number of hydrogen-bond donors (Lipinski definition) is 2. The number of aryl methyl sites for hydroxylation is 1. The quantitative estimate of drug-likeness (QED) is 0.825. The number of nitrogens with one attached hydrogen (secondary N) is 1. The van der Waals surface area contributed by atoms with Crippen LogP contribution in [0.4, 0.5) is 0 Å². The molecular weight excluding hydrogens is 278 g/mol. The van der Waals surface area contributed by atoms with Crippen LogP contribution < -0.4 is 11.1 Å². The Hall–Kier alpha value is -1.43. The molecule has 1 aromatic carbocycles. The lowest BCUT2D eigenvalue weighted by atomic mass is 10.0. The molecule has 122 valence electrons. The minimum absolute atomic E-state index is 0.0137. The van der Waals surface area contributed by atoms with Crippen LogP contribution in [0.1, 0.15) is 24.1 Å². The summed E-state index contributed by atoms with van der Waals surface area (Å²) < 4.78 is 5.39. The van der Waals surface area contributed by atoms with Crippen LogP contribution in [0.2, 0.25) is 0 Å². The third kappa shape index (κ3) is 4.80. The first kappa shape index (κ1) is 16.9. The predicted octanol–water partition coefficient (Wildman–Crippen LogP) is 1.08. The molecule has 1 aliphatic heterocycles. The average molecular weight is 305 g/mol. The van der Waals surface area contributed by atoms with Crippen LogP contribution >= 0.6 is 0 Å². The molecule has 1 amide bonds. The third-order valence-corrected chi connectivity index (χ3v) is 4.14. The van der Waals surface area contributed by atoms with Gasteiger partial charge in [-0.1, -0.05) is 36.8 Å². The van der Waals surface area contributed by atoms with Crippen molar-refractivity contribution in [3.8, 4) is 0 Å². The summed E-state index contributed by atoms with van der Waals surface area (Å²) in [6.07, 6.45) is 0. The molecule has 5 nitrogen and oxygen atoms in total. The molecule has 0 bridgehead atoms. The van der Waals surface area contributed by atoms with E-state index >= 15 is 0 Å². The monoisotopic (exact) mass is 305 g/mol. The minimum atomic E-state index is -0.169. The second kappa shape index (κ2) is 8.27. The standard InChI is InChI=1S/C17H27N3O2/c1-13-3-5-15(6-4-13)16(19-17(21)14(2)11-18)12-20-7-9-22-10-8-20/h3-6,14,16H,7-12,18H2,1-2H3,(H,19,21). The second-order valence-electron chi connectivity index (χ2n) is 6.02. The summed E-state index contributed by atoms with van der Waals surface area (Å²) in [5.74, 6) is -0.154. The maximum atomic E-state index is 12.2. The fourth-order valence-corrected chi connectivity index (χ4v) is 2.50. The predicted molar refractivity (Wildman–Crippen MR) is 87.5 cm³/mol. The highest BCUT2D eigenvalue weighted by Gasteiger charge is 2.22. The molecule has 0 saturated carbocycles. The Labute approximate surface area is 132 Å². The Kier molecular flexibility index (Phi) is 6.36. The lowest BCUT2D eigenvalue weighted by molar-refractivity contribution is -0.125. The van der Waals surface area contributed by atoms with Gasteiger partial charge in [-0.25, -0.2) is 0 Å². The lowest BCUT2D eigenvalue weighted by Gasteiger charge is -2.31. The molecule has 22 heavy (non-hydrogen) atoms. The highest BCUT2D eigenvalue weighted by Crippen LogP contribution is 2.17. The van der Waals surface area contributed by atoms with Crippen molar-refractivity contribution in [2.75, 3.05) is 39.4 Å². The van der Waals surface area contributed by atoms with Crippen LogP contribution in [0.15, 0.2) is 24.3 Å². The summed E-state index contributed by atoms with van der Waals surface area (Å²) in [6.45, 7) is 8.42. The van der Waals surface area contributed by atoms with Gasteiger partial charge in [0.1, 0.15) is 0 Å². The van der Waals surface area contributed by atoms with Crippen molar-refractivity contribution in [2.24, 2.45) is 11.7 Å². The maximum absolute atomic E-state index is 12.2. The van der Waals surface area contributed by atoms with E-state index in [4.69, 9.17) is 10.5 Å². The van der Waals surface area contributed by atoms with E-state index in [2.05, 4.69) is 41.4 Å². The Morgan fingerprint density at radius 3 is 2.55 bits per heavy atom. The van der Waals surface area contributed by atoms with E-state index in [0.717, 1.165) is 38.4 Å². The van der Waals surface area contributed by atoms with Gasteiger partial charge < -0.3 is 15.8 Å². The highest BCUT2D eigenvalue weighted by molar-refractivity contribution is 5.79. The molecule has 0 aliphatic carbocycles. The molecule has 5 heteroatoms. The summed E-state index contributed by atoms with van der Waals surface area (Å²) in [5.41, 5.74) is 7.96. The zero-order valence-electron chi connectivity index (χ0n) is 13.5. The molecule has 1 saturated heterocycles. The number of benzene rings is 1. The summed E-state index contributed by atoms with van der Waals surface area (Å²) in [4.78, 5) is 14.6. The van der Waals surface area contributed by atoms with Gasteiger partial charge in [0.15, 0.2) is 0 Å². The largest absolute Gasteiger partial charge is 0.379 e. The number of ether oxygens (including phenoxy) is 1. The van der Waals surface area contributed by atoms with Crippen LogP contribution in [0.25, 0.3) is 0 Å². The van der Waals surface area contributed by atoms with E-state index in [0.29, 0.717) is 6.54 Å². The van der Waals surface area contributed by atoms with Gasteiger partial charge >= 0.3 is 0 Å². The van der Waals surface area contributed by atoms with Crippen LogP contribution in [0.5, 0.6) is 0 Å². The third-order valence-electron chi connectivity index (χ3n) is 4.14. The molecule has 2 atom stereocenters. The number of nitrogens with zero attached hydrogens (tertiary/aromatic N) is 1. The number of rotatable bonds is 6. The summed E-state index contributed by atoms with van der Waals surface area (Å²) in [7, 11) is 0. The van der Waals surface area contributed by atoms with Crippen molar-refractivity contribution in [1.82, 2.24) is 10.2 Å². The summed E-state index contributed by atoms with van der Waals surface area (Å²) in [5, 5.41) is 3.15. The zero-order valence-corrected chi connectivity index (χ0v) is 13.5. The van der Waals surface area contributed by atoms with Crippen LogP contribution in [-0.4, -0.2) is 50.2 Å². The van der Waals surface area contributed by atoms with E-state index in [-0.39, 0.29) is 17.9 Å². The zero-order chi connectivity index (χ0) is 15.9. The van der Waals surface area contributed by atoms with Gasteiger partial charge in [-0.3, -0.25) is 9.69 Å². The first-order valence-corrected chi connectivity index (χ1v) is 7.97. The highest BCUT2D eigenvalue weighted by atomic mass is 16.5. The van der Waals surface area contributed by atoms with Gasteiger partial charge in [-0.05, 0) is 12.5 Å². The van der Waals surface area contributed by atoms with E-state index in [1.807, 2.05) is 6.92 Å². The van der Waals surface area contributed by atoms with Gasteiger partial charge in [0.2, 0.25) is 5.91 Å². The molecular formula is C17H27N3O2. The number of nitrogens with two attached hydrogens (primary N) is 1. The maximum Gasteiger partial charge on any atom is 0.224 e. The molecule has 1 heterocycles. The molecule has 2 rings (SSSR count). The molecule has 1 aromatic rings. The number of morpholine rings is 1. The van der Waals surface area contributed by atoms with Crippen molar-refractivity contribution in [2.45, 2.75) is 19.9 Å². The Bertz CT molecular complexity index is 469. The molecule has 1 aliphatic rings. The van der Waals surface area contributed by atoms with E-state index in [1.165, 1.54) is 5.56 Å². The summed E-state index contributed by atoms with van der Waals surface area (Å²) in [6, 6.07) is 8.34. The van der Waals surface area contributed by atoms with Gasteiger partial charge in [-0.2, -0.15) is 0 Å². The Morgan fingerprint density at radius 2 is 1.95 bits per heavy atom. The number of hydrogen-bond acceptors (Lipinski definition) is 4.